The summed E-state index contributed by atoms with van der Waals surface area (Å²) in [6.07, 6.45) is -3.07. The first-order valence-electron chi connectivity index (χ1n) is 8.93. The molecule has 150 valence electrons. The fraction of sp³-hybridized carbons (Fsp3) is 0.250. The Bertz CT molecular complexity index is 1110. The Hall–Kier alpha value is -3.36. The Morgan fingerprint density at radius 2 is 2.00 bits per heavy atom. The standard InChI is InChI=1S/C20H16F3N3O3/c21-20(22,23)13-5-6-17(24-10-13)26-8-7-14(11-26)25-18(27)15-9-12-3-1-2-4-16(12)29-19(15)28/h1-6,9-10,14H,7-8,11H2,(H,25,27)/t14-/m1/s1. The molecule has 9 heteroatoms. The van der Waals surface area contributed by atoms with E-state index in [-0.39, 0.29) is 11.6 Å². The van der Waals surface area contributed by atoms with E-state index >= 15 is 0 Å². The van der Waals surface area contributed by atoms with Crippen LogP contribution >= 0.6 is 0 Å². The molecular weight excluding hydrogens is 387 g/mol. The molecule has 4 rings (SSSR count). The van der Waals surface area contributed by atoms with E-state index in [9.17, 15) is 22.8 Å². The highest BCUT2D eigenvalue weighted by Crippen LogP contribution is 2.30. The van der Waals surface area contributed by atoms with Crippen LogP contribution in [0.2, 0.25) is 0 Å². The monoisotopic (exact) mass is 403 g/mol. The normalized spacial score (nSPS) is 16.9. The summed E-state index contributed by atoms with van der Waals surface area (Å²) in [4.78, 5) is 30.3. The maximum absolute atomic E-state index is 12.7. The van der Waals surface area contributed by atoms with Crippen LogP contribution in [0.25, 0.3) is 11.0 Å². The summed E-state index contributed by atoms with van der Waals surface area (Å²) < 4.78 is 43.2. The van der Waals surface area contributed by atoms with Crippen LogP contribution in [-0.2, 0) is 6.18 Å². The van der Waals surface area contributed by atoms with Gasteiger partial charge in [-0.15, -0.1) is 0 Å². The minimum atomic E-state index is -4.44. The van der Waals surface area contributed by atoms with Crippen LogP contribution < -0.4 is 15.8 Å². The van der Waals surface area contributed by atoms with Gasteiger partial charge in [0, 0.05) is 30.7 Å². The molecule has 1 amide bonds. The fourth-order valence-corrected chi connectivity index (χ4v) is 3.31. The first kappa shape index (κ1) is 19.0. The summed E-state index contributed by atoms with van der Waals surface area (Å²) in [6, 6.07) is 10.4. The van der Waals surface area contributed by atoms with Crippen molar-refractivity contribution in [2.75, 3.05) is 18.0 Å². The van der Waals surface area contributed by atoms with E-state index < -0.39 is 23.3 Å². The second-order valence-electron chi connectivity index (χ2n) is 6.79. The van der Waals surface area contributed by atoms with Gasteiger partial charge in [-0.05, 0) is 30.7 Å². The summed E-state index contributed by atoms with van der Waals surface area (Å²) in [6.45, 7) is 0.901. The first-order valence-corrected chi connectivity index (χ1v) is 8.93. The van der Waals surface area contributed by atoms with Gasteiger partial charge in [0.05, 0.1) is 5.56 Å². The Kier molecular flexibility index (Phi) is 4.73. The van der Waals surface area contributed by atoms with Gasteiger partial charge in [-0.1, -0.05) is 18.2 Å². The Morgan fingerprint density at radius 1 is 1.21 bits per heavy atom. The molecule has 0 radical (unpaired) electrons. The molecule has 1 N–H and O–H groups in total. The lowest BCUT2D eigenvalue weighted by Crippen LogP contribution is -2.39. The SMILES string of the molecule is O=C(N[C@@H]1CCN(c2ccc(C(F)(F)F)cn2)C1)c1cc2ccccc2oc1=O. The van der Waals surface area contributed by atoms with E-state index in [1.54, 1.807) is 29.2 Å². The molecule has 1 saturated heterocycles. The molecule has 2 aromatic heterocycles. The number of pyridine rings is 1. The molecule has 0 saturated carbocycles. The molecule has 29 heavy (non-hydrogen) atoms. The van der Waals surface area contributed by atoms with Crippen molar-refractivity contribution >= 4 is 22.7 Å². The molecule has 0 aliphatic carbocycles. The maximum Gasteiger partial charge on any atom is 0.417 e. The lowest BCUT2D eigenvalue weighted by molar-refractivity contribution is -0.137. The number of rotatable bonds is 3. The van der Waals surface area contributed by atoms with Crippen LogP contribution in [0.1, 0.15) is 22.3 Å². The second-order valence-corrected chi connectivity index (χ2v) is 6.79. The van der Waals surface area contributed by atoms with E-state index in [0.717, 1.165) is 12.3 Å². The molecule has 1 aliphatic heterocycles. The molecule has 3 heterocycles. The van der Waals surface area contributed by atoms with Gasteiger partial charge in [0.2, 0.25) is 0 Å². The third kappa shape index (κ3) is 3.94. The van der Waals surface area contributed by atoms with E-state index in [4.69, 9.17) is 4.42 Å². The van der Waals surface area contributed by atoms with Gasteiger partial charge >= 0.3 is 11.8 Å². The zero-order valence-electron chi connectivity index (χ0n) is 15.1. The van der Waals surface area contributed by atoms with Gasteiger partial charge in [-0.2, -0.15) is 13.2 Å². The number of alkyl halides is 3. The molecule has 0 unspecified atom stereocenters. The van der Waals surface area contributed by atoms with Crippen LogP contribution in [0, 0.1) is 0 Å². The largest absolute Gasteiger partial charge is 0.422 e. The van der Waals surface area contributed by atoms with Crippen LogP contribution in [0.15, 0.2) is 57.9 Å². The fourth-order valence-electron chi connectivity index (χ4n) is 3.31. The summed E-state index contributed by atoms with van der Waals surface area (Å²) in [7, 11) is 0. The summed E-state index contributed by atoms with van der Waals surface area (Å²) in [5, 5.41) is 3.43. The number of carbonyl (C=O) groups is 1. The predicted octanol–water partition coefficient (Wildman–Crippen LogP) is 3.22. The zero-order valence-corrected chi connectivity index (χ0v) is 15.1. The van der Waals surface area contributed by atoms with Gasteiger partial charge in [0.25, 0.3) is 5.91 Å². The Balaban J connectivity index is 1.44. The molecule has 0 bridgehead atoms. The average Bonchev–Trinajstić information content (AvgIpc) is 3.15. The van der Waals surface area contributed by atoms with Gasteiger partial charge in [-0.3, -0.25) is 4.79 Å². The lowest BCUT2D eigenvalue weighted by atomic mass is 10.1. The number of carbonyl (C=O) groups excluding carboxylic acids is 1. The third-order valence-corrected chi connectivity index (χ3v) is 4.81. The summed E-state index contributed by atoms with van der Waals surface area (Å²) in [5.74, 6) is -0.142. The highest BCUT2D eigenvalue weighted by molar-refractivity contribution is 5.96. The number of halogens is 3. The van der Waals surface area contributed by atoms with E-state index in [1.807, 2.05) is 0 Å². The zero-order chi connectivity index (χ0) is 20.6. The minimum Gasteiger partial charge on any atom is -0.422 e. The van der Waals surface area contributed by atoms with E-state index in [2.05, 4.69) is 10.3 Å². The van der Waals surface area contributed by atoms with E-state index in [1.165, 1.54) is 12.1 Å². The van der Waals surface area contributed by atoms with Crippen LogP contribution in [-0.4, -0.2) is 30.0 Å². The number of anilines is 1. The smallest absolute Gasteiger partial charge is 0.417 e. The summed E-state index contributed by atoms with van der Waals surface area (Å²) >= 11 is 0. The highest BCUT2D eigenvalue weighted by Gasteiger charge is 2.31. The maximum atomic E-state index is 12.7. The third-order valence-electron chi connectivity index (χ3n) is 4.81. The predicted molar refractivity (Wildman–Crippen MR) is 99.8 cm³/mol. The number of nitrogens with zero attached hydrogens (tertiary/aromatic N) is 2. The number of hydrogen-bond donors (Lipinski definition) is 1. The van der Waals surface area contributed by atoms with Crippen molar-refractivity contribution in [2.45, 2.75) is 18.6 Å². The van der Waals surface area contributed by atoms with Gasteiger partial charge in [0.15, 0.2) is 0 Å². The number of para-hydroxylation sites is 1. The van der Waals surface area contributed by atoms with Crippen molar-refractivity contribution in [3.8, 4) is 0 Å². The molecule has 1 aromatic carbocycles. The number of benzene rings is 1. The van der Waals surface area contributed by atoms with E-state index in [0.29, 0.717) is 36.3 Å². The molecule has 1 fully saturated rings. The molecule has 0 spiro atoms. The lowest BCUT2D eigenvalue weighted by Gasteiger charge is -2.18. The van der Waals surface area contributed by atoms with Gasteiger partial charge < -0.3 is 14.6 Å². The number of hydrogen-bond acceptors (Lipinski definition) is 5. The quantitative estimate of drug-likeness (QED) is 0.680. The average molecular weight is 403 g/mol. The van der Waals surface area contributed by atoms with Gasteiger partial charge in [-0.25, -0.2) is 9.78 Å². The molecule has 6 nitrogen and oxygen atoms in total. The topological polar surface area (TPSA) is 75.4 Å². The van der Waals surface area contributed by atoms with Crippen LogP contribution in [0.5, 0.6) is 0 Å². The van der Waals surface area contributed by atoms with Crippen molar-refractivity contribution in [1.82, 2.24) is 10.3 Å². The number of amides is 1. The Morgan fingerprint density at radius 3 is 2.72 bits per heavy atom. The summed E-state index contributed by atoms with van der Waals surface area (Å²) in [5.41, 5.74) is -1.22. The van der Waals surface area contributed by atoms with Crippen LogP contribution in [0.4, 0.5) is 19.0 Å². The molecule has 3 aromatic rings. The van der Waals surface area contributed by atoms with Crippen molar-refractivity contribution in [3.05, 3.63) is 70.2 Å². The van der Waals surface area contributed by atoms with Crippen LogP contribution in [0.3, 0.4) is 0 Å². The molecule has 1 aliphatic rings. The highest BCUT2D eigenvalue weighted by atomic mass is 19.4. The van der Waals surface area contributed by atoms with Gasteiger partial charge in [0.1, 0.15) is 17.0 Å². The van der Waals surface area contributed by atoms with Crippen molar-refractivity contribution in [1.29, 1.82) is 0 Å². The Labute approximate surface area is 163 Å². The first-order chi connectivity index (χ1) is 13.8. The minimum absolute atomic E-state index is 0.0881. The van der Waals surface area contributed by atoms with Crippen molar-refractivity contribution in [3.63, 3.8) is 0 Å². The number of aromatic nitrogens is 1. The van der Waals surface area contributed by atoms with Crippen molar-refractivity contribution < 1.29 is 22.4 Å². The number of fused-ring (bicyclic) bond motifs is 1. The molecular formula is C20H16F3N3O3. The van der Waals surface area contributed by atoms with Crippen molar-refractivity contribution in [2.24, 2.45) is 0 Å². The molecule has 1 atom stereocenters. The number of nitrogens with one attached hydrogen (secondary N) is 1. The second kappa shape index (κ2) is 7.23.